The van der Waals surface area contributed by atoms with E-state index in [1.807, 2.05) is 0 Å². The Labute approximate surface area is 105 Å². The number of rotatable bonds is 1. The van der Waals surface area contributed by atoms with Gasteiger partial charge in [0, 0.05) is 42.5 Å². The van der Waals surface area contributed by atoms with Gasteiger partial charge in [-0.15, -0.1) is 0 Å². The summed E-state index contributed by atoms with van der Waals surface area (Å²) in [5.74, 6) is 2.78. The van der Waals surface area contributed by atoms with Gasteiger partial charge in [-0.3, -0.25) is 0 Å². The van der Waals surface area contributed by atoms with Crippen LogP contribution < -0.4 is 0 Å². The van der Waals surface area contributed by atoms with Crippen LogP contribution in [0.5, 0.6) is 0 Å². The number of fused-ring (bicyclic) bond motifs is 3. The van der Waals surface area contributed by atoms with Crippen LogP contribution in [0.3, 0.4) is 0 Å². The smallest absolute Gasteiger partial charge is 0.166 e. The van der Waals surface area contributed by atoms with Gasteiger partial charge in [-0.2, -0.15) is 13.2 Å². The molecule has 18 heavy (non-hydrogen) atoms. The molecule has 4 rings (SSSR count). The van der Waals surface area contributed by atoms with E-state index in [0.29, 0.717) is 5.92 Å². The van der Waals surface area contributed by atoms with Crippen molar-refractivity contribution in [1.82, 2.24) is 0 Å². The van der Waals surface area contributed by atoms with Gasteiger partial charge >= 0.3 is 6.18 Å². The Balaban J connectivity index is 1.81. The molecule has 0 unspecified atom stereocenters. The van der Waals surface area contributed by atoms with Gasteiger partial charge in [0.2, 0.25) is 0 Å². The molecule has 3 aliphatic carbocycles. The molecule has 0 amide bonds. The highest BCUT2D eigenvalue weighted by atomic mass is 19.4. The summed E-state index contributed by atoms with van der Waals surface area (Å²) < 4.78 is 37.5. The molecule has 0 spiro atoms. The van der Waals surface area contributed by atoms with Gasteiger partial charge in [-0.1, -0.05) is 0 Å². The van der Waals surface area contributed by atoms with Crippen LogP contribution in [-0.2, 0) is 6.18 Å². The molecule has 0 nitrogen and oxygen atoms in total. The van der Waals surface area contributed by atoms with Gasteiger partial charge in [0.25, 0.3) is 0 Å². The van der Waals surface area contributed by atoms with Crippen molar-refractivity contribution < 1.29 is 13.2 Å². The number of hydrogen-bond acceptors (Lipinski definition) is 0. The summed E-state index contributed by atoms with van der Waals surface area (Å²) in [6, 6.07) is 5.73. The Morgan fingerprint density at radius 2 is 1.56 bits per heavy atom. The second kappa shape index (κ2) is 4.22. The molecule has 0 heterocycles. The molecule has 0 radical (unpaired) electrons. The van der Waals surface area contributed by atoms with Crippen molar-refractivity contribution in [3.05, 3.63) is 41.3 Å². The average molecular weight is 253 g/mol. The van der Waals surface area contributed by atoms with Crippen LogP contribution >= 0.6 is 0 Å². The van der Waals surface area contributed by atoms with E-state index in [9.17, 15) is 13.2 Å². The third-order valence-corrected chi connectivity index (χ3v) is 4.43. The fourth-order valence-corrected chi connectivity index (χ4v) is 3.42. The Kier molecular flexibility index (Phi) is 2.80. The first-order valence-corrected chi connectivity index (χ1v) is 6.57. The maximum Gasteiger partial charge on any atom is 0.418 e. The van der Waals surface area contributed by atoms with E-state index in [1.165, 1.54) is 43.7 Å². The van der Waals surface area contributed by atoms with Gasteiger partial charge < -0.3 is 0 Å². The van der Waals surface area contributed by atoms with Gasteiger partial charge in [-0.05, 0) is 31.6 Å². The van der Waals surface area contributed by atoms with Gasteiger partial charge in [0.1, 0.15) is 5.56 Å². The molecule has 3 aliphatic rings. The minimum Gasteiger partial charge on any atom is -0.166 e. The first kappa shape index (κ1) is 11.9. The zero-order valence-corrected chi connectivity index (χ0v) is 10.1. The number of halogens is 3. The van der Waals surface area contributed by atoms with Gasteiger partial charge in [0.05, 0.1) is 5.56 Å². The molecule has 1 aromatic carbocycles. The van der Waals surface area contributed by atoms with Crippen molar-refractivity contribution in [2.24, 2.45) is 11.8 Å². The van der Waals surface area contributed by atoms with Crippen molar-refractivity contribution in [2.75, 3.05) is 0 Å². The van der Waals surface area contributed by atoms with Crippen LogP contribution in [0.2, 0.25) is 0 Å². The van der Waals surface area contributed by atoms with Crippen molar-refractivity contribution in [2.45, 2.75) is 38.3 Å². The molecule has 3 heteroatoms. The highest BCUT2D eigenvalue weighted by molar-refractivity contribution is 5.36. The fourth-order valence-electron chi connectivity index (χ4n) is 3.42. The van der Waals surface area contributed by atoms with Crippen molar-refractivity contribution >= 4 is 0 Å². The molecular formula is C15H16F3+. The zero-order chi connectivity index (χ0) is 12.8. The molecule has 3 fully saturated rings. The van der Waals surface area contributed by atoms with Crippen molar-refractivity contribution in [3.63, 3.8) is 0 Å². The average Bonchev–Trinajstić information content (AvgIpc) is 2.39. The molecular weight excluding hydrogens is 237 g/mol. The maximum absolute atomic E-state index is 12.5. The van der Waals surface area contributed by atoms with E-state index in [1.54, 1.807) is 12.1 Å². The SMILES string of the molecule is FC(F)(F)c1ccc([C+]2CC3CCC2CC3)cc1. The molecule has 96 valence electrons. The minimum atomic E-state index is -4.23. The summed E-state index contributed by atoms with van der Waals surface area (Å²) >= 11 is 0. The normalized spacial score (nSPS) is 27.6. The third-order valence-electron chi connectivity index (χ3n) is 4.43. The highest BCUT2D eigenvalue weighted by Crippen LogP contribution is 2.49. The lowest BCUT2D eigenvalue weighted by molar-refractivity contribution is -0.137. The predicted molar refractivity (Wildman–Crippen MR) is 63.9 cm³/mol. The van der Waals surface area contributed by atoms with Crippen molar-refractivity contribution in [3.8, 4) is 0 Å². The first-order chi connectivity index (χ1) is 8.54. The lowest BCUT2D eigenvalue weighted by Crippen LogP contribution is -2.30. The minimum absolute atomic E-state index is 0.548. The fraction of sp³-hybridized carbons (Fsp3) is 0.533. The zero-order valence-electron chi connectivity index (χ0n) is 10.1. The molecule has 0 N–H and O–H groups in total. The molecule has 1 aromatic rings. The summed E-state index contributed by atoms with van der Waals surface area (Å²) in [6.07, 6.45) is 1.91. The second-order valence-electron chi connectivity index (χ2n) is 5.52. The number of hydrogen-bond donors (Lipinski definition) is 0. The number of alkyl halides is 3. The predicted octanol–water partition coefficient (Wildman–Crippen LogP) is 4.84. The maximum atomic E-state index is 12.5. The first-order valence-electron chi connectivity index (χ1n) is 6.57. The lowest BCUT2D eigenvalue weighted by atomic mass is 9.63. The van der Waals surface area contributed by atoms with Crippen LogP contribution in [0, 0.1) is 17.8 Å². The molecule has 0 aliphatic heterocycles. The summed E-state index contributed by atoms with van der Waals surface area (Å²) in [5.41, 5.74) is 0.477. The lowest BCUT2D eigenvalue weighted by Gasteiger charge is -2.38. The molecule has 0 aromatic heterocycles. The van der Waals surface area contributed by atoms with Crippen LogP contribution in [0.4, 0.5) is 13.2 Å². The van der Waals surface area contributed by atoms with E-state index in [0.717, 1.165) is 17.9 Å². The highest BCUT2D eigenvalue weighted by Gasteiger charge is 2.41. The summed E-state index contributed by atoms with van der Waals surface area (Å²) in [6.45, 7) is 0. The van der Waals surface area contributed by atoms with Crippen LogP contribution in [0.1, 0.15) is 43.2 Å². The van der Waals surface area contributed by atoms with Crippen molar-refractivity contribution in [1.29, 1.82) is 0 Å². The summed E-state index contributed by atoms with van der Waals surface area (Å²) in [7, 11) is 0. The number of benzene rings is 1. The standard InChI is InChI=1S/C15H16F3/c16-15(17,18)13-7-5-12(6-8-13)14-9-10-1-3-11(14)4-2-10/h5-8,10-11H,1-4,9H2/q+1. The Morgan fingerprint density at radius 1 is 0.944 bits per heavy atom. The van der Waals surface area contributed by atoms with E-state index < -0.39 is 11.7 Å². The van der Waals surface area contributed by atoms with Crippen LogP contribution in [0.15, 0.2) is 24.3 Å². The molecule has 2 bridgehead atoms. The topological polar surface area (TPSA) is 0 Å². The monoisotopic (exact) mass is 253 g/mol. The Bertz CT molecular complexity index is 410. The quantitative estimate of drug-likeness (QED) is 0.628. The largest absolute Gasteiger partial charge is 0.418 e. The Hall–Kier alpha value is -1.12. The van der Waals surface area contributed by atoms with Gasteiger partial charge in [-0.25, -0.2) is 0 Å². The Morgan fingerprint density at radius 3 is 2.00 bits per heavy atom. The third kappa shape index (κ3) is 2.11. The molecule has 0 saturated heterocycles. The van der Waals surface area contributed by atoms with Crippen LogP contribution in [0.25, 0.3) is 0 Å². The second-order valence-corrected chi connectivity index (χ2v) is 5.52. The van der Waals surface area contributed by atoms with E-state index >= 15 is 0 Å². The summed E-state index contributed by atoms with van der Waals surface area (Å²) in [5, 5.41) is 0. The van der Waals surface area contributed by atoms with Crippen LogP contribution in [-0.4, -0.2) is 0 Å². The molecule has 3 saturated carbocycles. The summed E-state index contributed by atoms with van der Waals surface area (Å²) in [4.78, 5) is 0. The van der Waals surface area contributed by atoms with E-state index in [2.05, 4.69) is 0 Å². The van der Waals surface area contributed by atoms with E-state index in [4.69, 9.17) is 0 Å². The van der Waals surface area contributed by atoms with Gasteiger partial charge in [0.15, 0.2) is 0 Å². The van der Waals surface area contributed by atoms with E-state index in [-0.39, 0.29) is 0 Å². The molecule has 0 atom stereocenters.